The first kappa shape index (κ1) is 27.9. The first-order valence-corrected chi connectivity index (χ1v) is 12.5. The van der Waals surface area contributed by atoms with E-state index in [-0.39, 0.29) is 11.8 Å². The topological polar surface area (TPSA) is 81.7 Å². The molecule has 0 fully saturated rings. The number of hydrogen-bond donors (Lipinski definition) is 0. The standard InChI is InChI=1S/C31H34O8/c1-19(38-30(32)20-10-8-7-9-11-20)26-18-23(21-12-14-24(33-2)27(16-21)35-4)29(31(37-6)39-26)22-13-15-25(34-3)28(17-22)36-5/h7-19,23,29,31H,1-6H3. The lowest BCUT2D eigenvalue weighted by Gasteiger charge is -2.38. The van der Waals surface area contributed by atoms with E-state index in [4.69, 9.17) is 33.2 Å². The second-order valence-electron chi connectivity index (χ2n) is 8.98. The van der Waals surface area contributed by atoms with Crippen LogP contribution in [0.2, 0.25) is 0 Å². The first-order valence-electron chi connectivity index (χ1n) is 12.5. The number of carbonyl (C=O) groups excluding carboxylic acids is 1. The van der Waals surface area contributed by atoms with E-state index in [1.807, 2.05) is 48.5 Å². The zero-order valence-electron chi connectivity index (χ0n) is 23.0. The van der Waals surface area contributed by atoms with E-state index in [1.54, 1.807) is 66.7 Å². The average Bonchev–Trinajstić information content (AvgIpc) is 2.99. The lowest BCUT2D eigenvalue weighted by atomic mass is 9.78. The van der Waals surface area contributed by atoms with Crippen molar-refractivity contribution in [2.45, 2.75) is 31.2 Å². The van der Waals surface area contributed by atoms with E-state index in [9.17, 15) is 4.79 Å². The maximum absolute atomic E-state index is 12.8. The number of allylic oxidation sites excluding steroid dienone is 1. The molecule has 0 saturated heterocycles. The summed E-state index contributed by atoms with van der Waals surface area (Å²) < 4.78 is 40.0. The Hall–Kier alpha value is -4.17. The van der Waals surface area contributed by atoms with E-state index < -0.39 is 18.4 Å². The van der Waals surface area contributed by atoms with Gasteiger partial charge in [0.1, 0.15) is 5.76 Å². The van der Waals surface area contributed by atoms with Gasteiger partial charge in [-0.25, -0.2) is 4.79 Å². The monoisotopic (exact) mass is 534 g/mol. The quantitative estimate of drug-likeness (QED) is 0.306. The highest BCUT2D eigenvalue weighted by Gasteiger charge is 2.40. The summed E-state index contributed by atoms with van der Waals surface area (Å²) in [7, 11) is 7.98. The lowest BCUT2D eigenvalue weighted by Crippen LogP contribution is -2.35. The number of methoxy groups -OCH3 is 5. The van der Waals surface area contributed by atoms with Crippen molar-refractivity contribution in [3.05, 3.63) is 95.3 Å². The second kappa shape index (κ2) is 12.6. The van der Waals surface area contributed by atoms with Gasteiger partial charge < -0.3 is 33.2 Å². The van der Waals surface area contributed by atoms with Crippen molar-refractivity contribution in [2.24, 2.45) is 0 Å². The summed E-state index contributed by atoms with van der Waals surface area (Å²) in [5.41, 5.74) is 2.32. The molecule has 8 heteroatoms. The number of ether oxygens (including phenoxy) is 7. The minimum atomic E-state index is -0.695. The summed E-state index contributed by atoms with van der Waals surface area (Å²) in [6.45, 7) is 1.78. The van der Waals surface area contributed by atoms with E-state index in [0.717, 1.165) is 11.1 Å². The fourth-order valence-corrected chi connectivity index (χ4v) is 4.77. The number of carbonyl (C=O) groups is 1. The maximum Gasteiger partial charge on any atom is 0.338 e. The summed E-state index contributed by atoms with van der Waals surface area (Å²) in [5, 5.41) is 0. The summed E-state index contributed by atoms with van der Waals surface area (Å²) in [4.78, 5) is 12.8. The SMILES string of the molecule is COc1ccc(C2C=C(C(C)OC(=O)c3ccccc3)OC(OC)C2c2ccc(OC)c(OC)c2)cc1OC. The summed E-state index contributed by atoms with van der Waals surface area (Å²) >= 11 is 0. The van der Waals surface area contributed by atoms with Crippen molar-refractivity contribution < 1.29 is 38.0 Å². The molecule has 3 aromatic carbocycles. The van der Waals surface area contributed by atoms with Crippen LogP contribution in [0.3, 0.4) is 0 Å². The molecule has 0 radical (unpaired) electrons. The molecule has 0 saturated carbocycles. The summed E-state index contributed by atoms with van der Waals surface area (Å²) in [6, 6.07) is 20.4. The highest BCUT2D eigenvalue weighted by Crippen LogP contribution is 2.47. The van der Waals surface area contributed by atoms with Crippen LogP contribution in [-0.2, 0) is 14.2 Å². The molecule has 4 rings (SSSR count). The average molecular weight is 535 g/mol. The smallest absolute Gasteiger partial charge is 0.338 e. The van der Waals surface area contributed by atoms with Gasteiger partial charge in [0.2, 0.25) is 6.29 Å². The van der Waals surface area contributed by atoms with Crippen molar-refractivity contribution in [3.63, 3.8) is 0 Å². The van der Waals surface area contributed by atoms with Crippen molar-refractivity contribution >= 4 is 5.97 Å². The Balaban J connectivity index is 1.78. The normalized spacial score (nSPS) is 19.2. The third kappa shape index (κ3) is 5.96. The molecule has 39 heavy (non-hydrogen) atoms. The van der Waals surface area contributed by atoms with Crippen LogP contribution < -0.4 is 18.9 Å². The van der Waals surface area contributed by atoms with Crippen LogP contribution in [0.5, 0.6) is 23.0 Å². The maximum atomic E-state index is 12.8. The summed E-state index contributed by atoms with van der Waals surface area (Å²) in [6.07, 6.45) is 0.615. The Kier molecular flexibility index (Phi) is 8.99. The number of benzene rings is 3. The van der Waals surface area contributed by atoms with Crippen LogP contribution >= 0.6 is 0 Å². The zero-order chi connectivity index (χ0) is 27.9. The van der Waals surface area contributed by atoms with Crippen molar-refractivity contribution in [3.8, 4) is 23.0 Å². The highest BCUT2D eigenvalue weighted by molar-refractivity contribution is 5.89. The van der Waals surface area contributed by atoms with Crippen molar-refractivity contribution in [2.75, 3.05) is 35.5 Å². The van der Waals surface area contributed by atoms with Gasteiger partial charge in [-0.3, -0.25) is 0 Å². The molecular weight excluding hydrogens is 500 g/mol. The molecule has 3 aromatic rings. The van der Waals surface area contributed by atoms with Gasteiger partial charge in [0.05, 0.1) is 39.9 Å². The molecule has 0 amide bonds. The predicted octanol–water partition coefficient (Wildman–Crippen LogP) is 5.72. The van der Waals surface area contributed by atoms with E-state index in [0.29, 0.717) is 34.3 Å². The van der Waals surface area contributed by atoms with Crippen LogP contribution in [0.1, 0.15) is 40.2 Å². The fourth-order valence-electron chi connectivity index (χ4n) is 4.77. The summed E-state index contributed by atoms with van der Waals surface area (Å²) in [5.74, 6) is 1.95. The third-order valence-electron chi connectivity index (χ3n) is 6.79. The molecule has 8 nitrogen and oxygen atoms in total. The van der Waals surface area contributed by atoms with E-state index in [1.165, 1.54) is 0 Å². The van der Waals surface area contributed by atoms with Crippen LogP contribution in [-0.4, -0.2) is 53.9 Å². The molecule has 1 aliphatic rings. The Labute approximate surface area is 229 Å². The van der Waals surface area contributed by atoms with Gasteiger partial charge in [0.25, 0.3) is 0 Å². The molecule has 1 heterocycles. The van der Waals surface area contributed by atoms with Gasteiger partial charge in [-0.05, 0) is 60.5 Å². The number of hydrogen-bond acceptors (Lipinski definition) is 8. The molecule has 4 unspecified atom stereocenters. The fraction of sp³-hybridized carbons (Fsp3) is 0.323. The Bertz CT molecular complexity index is 1300. The molecule has 1 aliphatic heterocycles. The minimum Gasteiger partial charge on any atom is -0.493 e. The van der Waals surface area contributed by atoms with Crippen molar-refractivity contribution in [1.29, 1.82) is 0 Å². The van der Waals surface area contributed by atoms with Crippen LogP contribution in [0.4, 0.5) is 0 Å². The number of esters is 1. The Morgan fingerprint density at radius 3 is 1.87 bits per heavy atom. The Morgan fingerprint density at radius 2 is 1.31 bits per heavy atom. The van der Waals surface area contributed by atoms with Gasteiger partial charge in [0.15, 0.2) is 29.1 Å². The molecule has 0 bridgehead atoms. The molecule has 0 spiro atoms. The first-order chi connectivity index (χ1) is 18.9. The molecule has 0 N–H and O–H groups in total. The molecular formula is C31H34O8. The van der Waals surface area contributed by atoms with Crippen LogP contribution in [0.15, 0.2) is 78.6 Å². The van der Waals surface area contributed by atoms with Crippen LogP contribution in [0, 0.1) is 0 Å². The largest absolute Gasteiger partial charge is 0.493 e. The second-order valence-corrected chi connectivity index (χ2v) is 8.98. The predicted molar refractivity (Wildman–Crippen MR) is 146 cm³/mol. The molecule has 4 atom stereocenters. The van der Waals surface area contributed by atoms with E-state index >= 15 is 0 Å². The highest BCUT2D eigenvalue weighted by atomic mass is 16.7. The zero-order valence-corrected chi connectivity index (χ0v) is 23.0. The van der Waals surface area contributed by atoms with E-state index in [2.05, 4.69) is 0 Å². The third-order valence-corrected chi connectivity index (χ3v) is 6.79. The van der Waals surface area contributed by atoms with Gasteiger partial charge >= 0.3 is 5.97 Å². The van der Waals surface area contributed by atoms with Gasteiger partial charge in [-0.1, -0.05) is 30.3 Å². The molecule has 206 valence electrons. The Morgan fingerprint density at radius 1 is 0.744 bits per heavy atom. The van der Waals surface area contributed by atoms with Gasteiger partial charge in [0, 0.05) is 13.0 Å². The molecule has 0 aliphatic carbocycles. The lowest BCUT2D eigenvalue weighted by molar-refractivity contribution is -0.133. The van der Waals surface area contributed by atoms with Gasteiger partial charge in [-0.15, -0.1) is 0 Å². The minimum absolute atomic E-state index is 0.241. The number of rotatable bonds is 10. The van der Waals surface area contributed by atoms with Gasteiger partial charge in [-0.2, -0.15) is 0 Å². The van der Waals surface area contributed by atoms with Crippen molar-refractivity contribution in [1.82, 2.24) is 0 Å². The van der Waals surface area contributed by atoms with Crippen LogP contribution in [0.25, 0.3) is 0 Å². The molecule has 0 aromatic heterocycles.